The zero-order valence-electron chi connectivity index (χ0n) is 14.6. The molecule has 0 aliphatic heterocycles. The lowest BCUT2D eigenvalue weighted by Gasteiger charge is -2.12. The molecule has 1 aliphatic carbocycles. The molecule has 0 saturated carbocycles. The van der Waals surface area contributed by atoms with E-state index in [0.29, 0.717) is 5.56 Å². The van der Waals surface area contributed by atoms with Gasteiger partial charge < -0.3 is 10.4 Å². The molecule has 3 rings (SSSR count). The smallest absolute Gasteiger partial charge is 0.220 e. The fraction of sp³-hybridized carbons (Fsp3) is 0.273. The Kier molecular flexibility index (Phi) is 5.97. The molecule has 134 valence electrons. The number of Topliss-reactive ketones (excluding diaryl/α,β-unsaturated/α-hetero) is 1. The van der Waals surface area contributed by atoms with Crippen LogP contribution in [-0.2, 0) is 4.79 Å². The van der Waals surface area contributed by atoms with E-state index >= 15 is 0 Å². The highest BCUT2D eigenvalue weighted by molar-refractivity contribution is 5.98. The summed E-state index contributed by atoms with van der Waals surface area (Å²) in [5.41, 5.74) is 2.79. The van der Waals surface area contributed by atoms with Gasteiger partial charge in [0.05, 0.1) is 0 Å². The number of nitrogens with one attached hydrogen (secondary N) is 1. The van der Waals surface area contributed by atoms with Gasteiger partial charge in [0.15, 0.2) is 5.78 Å². The topological polar surface area (TPSA) is 66.4 Å². The monoisotopic (exact) mass is 349 g/mol. The molecule has 2 aromatic rings. The van der Waals surface area contributed by atoms with Gasteiger partial charge >= 0.3 is 0 Å². The maximum Gasteiger partial charge on any atom is 0.220 e. The van der Waals surface area contributed by atoms with Gasteiger partial charge in [0, 0.05) is 37.0 Å². The summed E-state index contributed by atoms with van der Waals surface area (Å²) < 4.78 is 0. The summed E-state index contributed by atoms with van der Waals surface area (Å²) >= 11 is 0. The van der Waals surface area contributed by atoms with Gasteiger partial charge in [-0.25, -0.2) is 0 Å². The number of benzene rings is 2. The van der Waals surface area contributed by atoms with Crippen molar-refractivity contribution < 1.29 is 14.7 Å². The van der Waals surface area contributed by atoms with Gasteiger partial charge in [-0.15, -0.1) is 0 Å². The van der Waals surface area contributed by atoms with Crippen molar-refractivity contribution in [1.82, 2.24) is 5.32 Å². The molecule has 0 radical (unpaired) electrons. The van der Waals surface area contributed by atoms with Gasteiger partial charge in [0.25, 0.3) is 0 Å². The minimum atomic E-state index is -0.132. The van der Waals surface area contributed by atoms with Gasteiger partial charge in [-0.2, -0.15) is 0 Å². The van der Waals surface area contributed by atoms with E-state index in [1.54, 1.807) is 0 Å². The van der Waals surface area contributed by atoms with E-state index in [2.05, 4.69) is 5.32 Å². The standard InChI is InChI=1S/C22H23NO3/c24-15-16-6-11-20(14-16)23-22(26)13-12-21(25)19-9-7-18(8-10-19)17-4-2-1-3-5-17/h1-11,16,20,24H,12-15H2,(H,23,26)/t16-,20+/m0/s1. The van der Waals surface area contributed by atoms with Crippen LogP contribution in [-0.4, -0.2) is 29.4 Å². The first kappa shape index (κ1) is 18.1. The third-order valence-electron chi connectivity index (χ3n) is 4.65. The molecule has 0 aromatic heterocycles. The third kappa shape index (κ3) is 4.67. The van der Waals surface area contributed by atoms with Crippen LogP contribution in [0.3, 0.4) is 0 Å². The molecule has 0 spiro atoms. The van der Waals surface area contributed by atoms with Crippen LogP contribution in [0.25, 0.3) is 11.1 Å². The number of aliphatic hydroxyl groups is 1. The lowest BCUT2D eigenvalue weighted by molar-refractivity contribution is -0.121. The van der Waals surface area contributed by atoms with Crippen molar-refractivity contribution >= 4 is 11.7 Å². The molecule has 0 heterocycles. The Morgan fingerprint density at radius 1 is 0.923 bits per heavy atom. The highest BCUT2D eigenvalue weighted by Gasteiger charge is 2.20. The van der Waals surface area contributed by atoms with Crippen LogP contribution >= 0.6 is 0 Å². The van der Waals surface area contributed by atoms with E-state index in [9.17, 15) is 9.59 Å². The molecular weight excluding hydrogens is 326 g/mol. The van der Waals surface area contributed by atoms with Crippen LogP contribution in [0.5, 0.6) is 0 Å². The molecule has 0 fully saturated rings. The second-order valence-corrected chi connectivity index (χ2v) is 6.60. The van der Waals surface area contributed by atoms with Gasteiger partial charge in [-0.05, 0) is 17.5 Å². The second-order valence-electron chi connectivity index (χ2n) is 6.60. The summed E-state index contributed by atoms with van der Waals surface area (Å²) in [5, 5.41) is 12.0. The third-order valence-corrected chi connectivity index (χ3v) is 4.65. The van der Waals surface area contributed by atoms with Gasteiger partial charge in [0.2, 0.25) is 5.91 Å². The van der Waals surface area contributed by atoms with Crippen molar-refractivity contribution in [2.24, 2.45) is 5.92 Å². The van der Waals surface area contributed by atoms with Crippen LogP contribution < -0.4 is 5.32 Å². The Bertz CT molecular complexity index is 781. The van der Waals surface area contributed by atoms with Crippen LogP contribution in [0.15, 0.2) is 66.7 Å². The fourth-order valence-electron chi connectivity index (χ4n) is 3.15. The highest BCUT2D eigenvalue weighted by Crippen LogP contribution is 2.20. The van der Waals surface area contributed by atoms with Gasteiger partial charge in [-0.3, -0.25) is 9.59 Å². The first-order valence-electron chi connectivity index (χ1n) is 8.93. The van der Waals surface area contributed by atoms with Crippen molar-refractivity contribution in [3.63, 3.8) is 0 Å². The van der Waals surface area contributed by atoms with E-state index in [-0.39, 0.29) is 43.1 Å². The van der Waals surface area contributed by atoms with Crippen molar-refractivity contribution in [2.45, 2.75) is 25.3 Å². The molecule has 0 saturated heterocycles. The number of hydrogen-bond donors (Lipinski definition) is 2. The average molecular weight is 349 g/mol. The zero-order valence-corrected chi connectivity index (χ0v) is 14.6. The Morgan fingerprint density at radius 3 is 2.27 bits per heavy atom. The minimum absolute atomic E-state index is 0.0324. The normalized spacial score (nSPS) is 18.7. The molecule has 26 heavy (non-hydrogen) atoms. The Balaban J connectivity index is 1.49. The number of carbonyl (C=O) groups is 2. The van der Waals surface area contributed by atoms with E-state index in [0.717, 1.165) is 17.5 Å². The van der Waals surface area contributed by atoms with Crippen LogP contribution in [0.4, 0.5) is 0 Å². The summed E-state index contributed by atoms with van der Waals surface area (Å²) in [5.74, 6) is -0.0486. The van der Waals surface area contributed by atoms with E-state index in [4.69, 9.17) is 5.11 Å². The number of hydrogen-bond acceptors (Lipinski definition) is 3. The lowest BCUT2D eigenvalue weighted by atomic mass is 10.0. The number of ketones is 1. The Labute approximate surface area is 153 Å². The fourth-order valence-corrected chi connectivity index (χ4v) is 3.15. The first-order valence-corrected chi connectivity index (χ1v) is 8.93. The van der Waals surface area contributed by atoms with Crippen molar-refractivity contribution in [3.8, 4) is 11.1 Å². The molecule has 0 unspecified atom stereocenters. The molecular formula is C22H23NO3. The summed E-state index contributed by atoms with van der Waals surface area (Å²) in [6, 6.07) is 17.4. The minimum Gasteiger partial charge on any atom is -0.396 e. The molecule has 2 N–H and O–H groups in total. The van der Waals surface area contributed by atoms with E-state index < -0.39 is 0 Å². The van der Waals surface area contributed by atoms with Gasteiger partial charge in [0.1, 0.15) is 0 Å². The van der Waals surface area contributed by atoms with Crippen LogP contribution in [0, 0.1) is 5.92 Å². The first-order chi connectivity index (χ1) is 12.7. The van der Waals surface area contributed by atoms with E-state index in [1.165, 1.54) is 0 Å². The maximum atomic E-state index is 12.3. The Morgan fingerprint density at radius 2 is 1.62 bits per heavy atom. The quantitative estimate of drug-likeness (QED) is 0.595. The summed E-state index contributed by atoms with van der Waals surface area (Å²) in [6.07, 6.45) is 4.91. The summed E-state index contributed by atoms with van der Waals surface area (Å²) in [4.78, 5) is 24.3. The van der Waals surface area contributed by atoms with Gasteiger partial charge in [-0.1, -0.05) is 66.7 Å². The molecule has 4 nitrogen and oxygen atoms in total. The van der Waals surface area contributed by atoms with Crippen molar-refractivity contribution in [1.29, 1.82) is 0 Å². The SMILES string of the molecule is O=C(CCC(=O)c1ccc(-c2ccccc2)cc1)N[C@@H]1C=C[C@H](CO)C1. The number of rotatable bonds is 7. The molecule has 0 bridgehead atoms. The zero-order chi connectivity index (χ0) is 18.4. The lowest BCUT2D eigenvalue weighted by Crippen LogP contribution is -2.33. The molecule has 1 aliphatic rings. The second kappa shape index (κ2) is 8.59. The average Bonchev–Trinajstić information content (AvgIpc) is 3.14. The number of carbonyl (C=O) groups excluding carboxylic acids is 2. The maximum absolute atomic E-state index is 12.3. The van der Waals surface area contributed by atoms with Crippen molar-refractivity contribution in [3.05, 3.63) is 72.3 Å². The predicted molar refractivity (Wildman–Crippen MR) is 102 cm³/mol. The van der Waals surface area contributed by atoms with Crippen LogP contribution in [0.2, 0.25) is 0 Å². The molecule has 2 atom stereocenters. The predicted octanol–water partition coefficient (Wildman–Crippen LogP) is 3.37. The van der Waals surface area contributed by atoms with E-state index in [1.807, 2.05) is 66.7 Å². The summed E-state index contributed by atoms with van der Waals surface area (Å²) in [6.45, 7) is 0.0976. The molecule has 1 amide bonds. The number of amides is 1. The van der Waals surface area contributed by atoms with Crippen LogP contribution in [0.1, 0.15) is 29.6 Å². The Hall–Kier alpha value is -2.72. The highest BCUT2D eigenvalue weighted by atomic mass is 16.3. The van der Waals surface area contributed by atoms with Crippen molar-refractivity contribution in [2.75, 3.05) is 6.61 Å². The summed E-state index contributed by atoms with van der Waals surface area (Å²) in [7, 11) is 0. The number of aliphatic hydroxyl groups excluding tert-OH is 1. The molecule has 2 aromatic carbocycles. The largest absolute Gasteiger partial charge is 0.396 e. The molecule has 4 heteroatoms.